The third-order valence-corrected chi connectivity index (χ3v) is 5.35. The fourth-order valence-electron chi connectivity index (χ4n) is 3.86. The van der Waals surface area contributed by atoms with Crippen LogP contribution >= 0.6 is 0 Å². The summed E-state index contributed by atoms with van der Waals surface area (Å²) in [5, 5.41) is 1.01. The molecule has 7 heteroatoms. The minimum atomic E-state index is -3.24. The van der Waals surface area contributed by atoms with Crippen molar-refractivity contribution in [2.24, 2.45) is 0 Å². The van der Waals surface area contributed by atoms with Crippen LogP contribution in [-0.2, 0) is 6.42 Å². The lowest BCUT2D eigenvalue weighted by molar-refractivity contribution is -0.0521. The molecule has 0 heterocycles. The van der Waals surface area contributed by atoms with Crippen molar-refractivity contribution >= 4 is 10.8 Å². The van der Waals surface area contributed by atoms with E-state index in [2.05, 4.69) is 4.74 Å². The van der Waals surface area contributed by atoms with Crippen LogP contribution in [0.15, 0.2) is 60.7 Å². The second-order valence-corrected chi connectivity index (χ2v) is 7.57. The molecule has 0 N–H and O–H groups in total. The molecule has 1 nitrogen and oxygen atoms in total. The Labute approximate surface area is 186 Å². The molecule has 0 radical (unpaired) electrons. The van der Waals surface area contributed by atoms with E-state index in [-0.39, 0.29) is 16.7 Å². The highest BCUT2D eigenvalue weighted by Crippen LogP contribution is 2.35. The number of benzene rings is 4. The Balaban J connectivity index is 1.74. The molecule has 0 fully saturated rings. The average Bonchev–Trinajstić information content (AvgIpc) is 2.75. The van der Waals surface area contributed by atoms with Crippen LogP contribution in [0, 0.1) is 23.3 Å². The van der Waals surface area contributed by atoms with E-state index in [1.54, 1.807) is 12.1 Å². The van der Waals surface area contributed by atoms with E-state index in [0.717, 1.165) is 42.7 Å². The monoisotopic (exact) mass is 460 g/mol. The molecule has 0 unspecified atom stereocenters. The Hall–Kier alpha value is -3.48. The third-order valence-electron chi connectivity index (χ3n) is 5.35. The molecule has 0 saturated heterocycles. The van der Waals surface area contributed by atoms with Gasteiger partial charge in [0.15, 0.2) is 11.6 Å². The van der Waals surface area contributed by atoms with Gasteiger partial charge in [-0.15, -0.1) is 0 Å². The van der Waals surface area contributed by atoms with Crippen LogP contribution in [-0.4, -0.2) is 6.61 Å². The standard InChI is InChI=1S/C26H18F6O/c1-2-3-14-4-7-18-15(10-14)5-8-19(25(18)30)17-12-21(28)24(22(29)13-17)16-6-9-23(20(27)11-16)33-26(31)32/h4-13,26H,2-3H2,1H3. The molecule has 0 amide bonds. The second-order valence-electron chi connectivity index (χ2n) is 7.57. The second kappa shape index (κ2) is 9.17. The predicted octanol–water partition coefficient (Wildman–Crippen LogP) is 8.28. The quantitative estimate of drug-likeness (QED) is 0.263. The predicted molar refractivity (Wildman–Crippen MR) is 115 cm³/mol. The van der Waals surface area contributed by atoms with Crippen molar-refractivity contribution in [2.45, 2.75) is 26.4 Å². The molecule has 0 aromatic heterocycles. The lowest BCUT2D eigenvalue weighted by Gasteiger charge is -2.12. The normalized spacial score (nSPS) is 11.4. The van der Waals surface area contributed by atoms with Gasteiger partial charge in [0.1, 0.15) is 17.5 Å². The number of halogens is 6. The Morgan fingerprint density at radius 1 is 0.758 bits per heavy atom. The molecule has 0 spiro atoms. The summed E-state index contributed by atoms with van der Waals surface area (Å²) in [5.74, 6) is -4.65. The maximum Gasteiger partial charge on any atom is 0.387 e. The van der Waals surface area contributed by atoms with E-state index in [0.29, 0.717) is 16.8 Å². The molecular weight excluding hydrogens is 442 g/mol. The number of hydrogen-bond donors (Lipinski definition) is 0. The fourth-order valence-corrected chi connectivity index (χ4v) is 3.86. The van der Waals surface area contributed by atoms with E-state index < -0.39 is 41.2 Å². The maximum absolute atomic E-state index is 15.2. The Morgan fingerprint density at radius 2 is 1.45 bits per heavy atom. The van der Waals surface area contributed by atoms with Crippen molar-refractivity contribution in [2.75, 3.05) is 0 Å². The molecule has 4 aromatic carbocycles. The zero-order valence-corrected chi connectivity index (χ0v) is 17.4. The summed E-state index contributed by atoms with van der Waals surface area (Å²) in [6.07, 6.45) is 1.80. The van der Waals surface area contributed by atoms with Gasteiger partial charge in [-0.3, -0.25) is 0 Å². The number of aryl methyl sites for hydroxylation is 1. The molecular formula is C26H18F6O. The minimum Gasteiger partial charge on any atom is -0.432 e. The third kappa shape index (κ3) is 4.53. The fraction of sp³-hybridized carbons (Fsp3) is 0.154. The van der Waals surface area contributed by atoms with Gasteiger partial charge < -0.3 is 4.74 Å². The molecule has 0 bridgehead atoms. The average molecular weight is 460 g/mol. The van der Waals surface area contributed by atoms with Crippen molar-refractivity contribution in [1.82, 2.24) is 0 Å². The number of fused-ring (bicyclic) bond motifs is 1. The Bertz CT molecular complexity index is 1310. The summed E-state index contributed by atoms with van der Waals surface area (Å²) in [7, 11) is 0. The first kappa shape index (κ1) is 22.7. The summed E-state index contributed by atoms with van der Waals surface area (Å²) in [4.78, 5) is 0. The lowest BCUT2D eigenvalue weighted by Crippen LogP contribution is -2.04. The van der Waals surface area contributed by atoms with Crippen LogP contribution in [0.25, 0.3) is 33.0 Å². The highest BCUT2D eigenvalue weighted by molar-refractivity contribution is 5.89. The van der Waals surface area contributed by atoms with Crippen LogP contribution in [0.3, 0.4) is 0 Å². The van der Waals surface area contributed by atoms with Crippen molar-refractivity contribution in [3.63, 3.8) is 0 Å². The van der Waals surface area contributed by atoms with Gasteiger partial charge in [0, 0.05) is 10.9 Å². The van der Waals surface area contributed by atoms with Crippen LogP contribution in [0.1, 0.15) is 18.9 Å². The molecule has 0 saturated carbocycles. The van der Waals surface area contributed by atoms with Gasteiger partial charge in [-0.2, -0.15) is 8.78 Å². The van der Waals surface area contributed by atoms with Crippen molar-refractivity contribution < 1.29 is 31.1 Å². The summed E-state index contributed by atoms with van der Waals surface area (Å²) in [6.45, 7) is -1.20. The van der Waals surface area contributed by atoms with Gasteiger partial charge in [0.2, 0.25) is 0 Å². The van der Waals surface area contributed by atoms with Crippen LogP contribution < -0.4 is 4.74 Å². The molecule has 4 aromatic rings. The molecule has 4 rings (SSSR count). The smallest absolute Gasteiger partial charge is 0.387 e. The first-order valence-corrected chi connectivity index (χ1v) is 10.2. The van der Waals surface area contributed by atoms with Gasteiger partial charge in [0.05, 0.1) is 5.56 Å². The van der Waals surface area contributed by atoms with E-state index in [9.17, 15) is 22.0 Å². The molecule has 0 atom stereocenters. The van der Waals surface area contributed by atoms with E-state index >= 15 is 4.39 Å². The molecule has 33 heavy (non-hydrogen) atoms. The Morgan fingerprint density at radius 3 is 2.09 bits per heavy atom. The van der Waals surface area contributed by atoms with Crippen LogP contribution in [0.5, 0.6) is 5.75 Å². The zero-order valence-electron chi connectivity index (χ0n) is 17.4. The van der Waals surface area contributed by atoms with Gasteiger partial charge in [-0.25, -0.2) is 17.6 Å². The number of ether oxygens (including phenoxy) is 1. The summed E-state index contributed by atoms with van der Waals surface area (Å²) in [6, 6.07) is 13.0. The van der Waals surface area contributed by atoms with Crippen LogP contribution in [0.2, 0.25) is 0 Å². The molecule has 0 aliphatic heterocycles. The SMILES string of the molecule is CCCc1ccc2c(F)c(-c3cc(F)c(-c4ccc(OC(F)F)c(F)c4)c(F)c3)ccc2c1. The van der Waals surface area contributed by atoms with Gasteiger partial charge in [0.25, 0.3) is 0 Å². The highest BCUT2D eigenvalue weighted by Gasteiger charge is 2.19. The van der Waals surface area contributed by atoms with E-state index in [1.807, 2.05) is 19.1 Å². The van der Waals surface area contributed by atoms with Gasteiger partial charge >= 0.3 is 6.61 Å². The summed E-state index contributed by atoms with van der Waals surface area (Å²) < 4.78 is 87.6. The summed E-state index contributed by atoms with van der Waals surface area (Å²) in [5.41, 5.74) is 0.284. The first-order chi connectivity index (χ1) is 15.8. The van der Waals surface area contributed by atoms with E-state index in [1.165, 1.54) is 6.07 Å². The minimum absolute atomic E-state index is 0.0157. The number of alkyl halides is 2. The number of hydrogen-bond acceptors (Lipinski definition) is 1. The highest BCUT2D eigenvalue weighted by atomic mass is 19.3. The van der Waals surface area contributed by atoms with Crippen LogP contribution in [0.4, 0.5) is 26.3 Å². The van der Waals surface area contributed by atoms with Gasteiger partial charge in [-0.05, 0) is 52.8 Å². The number of rotatable bonds is 6. The van der Waals surface area contributed by atoms with Crippen molar-refractivity contribution in [3.05, 3.63) is 89.5 Å². The zero-order chi connectivity index (χ0) is 23.7. The van der Waals surface area contributed by atoms with Crippen molar-refractivity contribution in [1.29, 1.82) is 0 Å². The Kier molecular flexibility index (Phi) is 6.31. The topological polar surface area (TPSA) is 9.23 Å². The lowest BCUT2D eigenvalue weighted by atomic mass is 9.95. The van der Waals surface area contributed by atoms with E-state index in [4.69, 9.17) is 0 Å². The largest absolute Gasteiger partial charge is 0.432 e. The molecule has 170 valence electrons. The molecule has 0 aliphatic carbocycles. The van der Waals surface area contributed by atoms with Crippen molar-refractivity contribution in [3.8, 4) is 28.0 Å². The van der Waals surface area contributed by atoms with Gasteiger partial charge in [-0.1, -0.05) is 49.7 Å². The molecule has 0 aliphatic rings. The maximum atomic E-state index is 15.2. The first-order valence-electron chi connectivity index (χ1n) is 10.2. The summed E-state index contributed by atoms with van der Waals surface area (Å²) >= 11 is 0.